The maximum atomic E-state index is 12.0. The average molecular weight is 308 g/mol. The van der Waals surface area contributed by atoms with Gasteiger partial charge in [-0.1, -0.05) is 30.3 Å². The van der Waals surface area contributed by atoms with E-state index < -0.39 is 24.2 Å². The second-order valence-electron chi connectivity index (χ2n) is 4.82. The molecule has 1 atom stereocenters. The van der Waals surface area contributed by atoms with Crippen molar-refractivity contribution in [1.29, 1.82) is 0 Å². The highest BCUT2D eigenvalue weighted by Gasteiger charge is 2.37. The van der Waals surface area contributed by atoms with Gasteiger partial charge in [-0.15, -0.1) is 0 Å². The fourth-order valence-corrected chi connectivity index (χ4v) is 2.19. The molecule has 22 heavy (non-hydrogen) atoms. The predicted octanol–water partition coefficient (Wildman–Crippen LogP) is 1.07. The summed E-state index contributed by atoms with van der Waals surface area (Å²) in [4.78, 5) is 36.2. The van der Waals surface area contributed by atoms with Crippen LogP contribution in [0.2, 0.25) is 0 Å². The van der Waals surface area contributed by atoms with Gasteiger partial charge in [0.2, 0.25) is 0 Å². The van der Waals surface area contributed by atoms with Crippen molar-refractivity contribution in [2.24, 2.45) is 0 Å². The molecule has 0 bridgehead atoms. The predicted molar refractivity (Wildman–Crippen MR) is 74.4 cm³/mol. The van der Waals surface area contributed by atoms with E-state index in [4.69, 9.17) is 9.84 Å². The fourth-order valence-electron chi connectivity index (χ4n) is 2.19. The number of carboxylic acid groups (broad SMARTS) is 2. The number of carboxylic acids is 1. The molecule has 1 heterocycles. The Hall–Kier alpha value is -2.77. The molecule has 0 radical (unpaired) electrons. The van der Waals surface area contributed by atoms with Gasteiger partial charge in [-0.2, -0.15) is 0 Å². The van der Waals surface area contributed by atoms with Gasteiger partial charge in [-0.25, -0.2) is 14.4 Å². The minimum absolute atomic E-state index is 0.0170. The molecule has 2 amide bonds. The van der Waals surface area contributed by atoms with Crippen molar-refractivity contribution in [3.63, 3.8) is 0 Å². The maximum Gasteiger partial charge on any atom is 0.410 e. The van der Waals surface area contributed by atoms with Gasteiger partial charge in [0, 0.05) is 13.1 Å². The van der Waals surface area contributed by atoms with Crippen LogP contribution in [0, 0.1) is 0 Å². The van der Waals surface area contributed by atoms with Crippen molar-refractivity contribution in [3.05, 3.63) is 35.9 Å². The molecule has 8 heteroatoms. The second-order valence-corrected chi connectivity index (χ2v) is 4.82. The van der Waals surface area contributed by atoms with Crippen LogP contribution in [0.3, 0.4) is 0 Å². The zero-order valence-corrected chi connectivity index (χ0v) is 11.7. The molecule has 0 saturated carbocycles. The number of benzene rings is 1. The topological polar surface area (TPSA) is 107 Å². The van der Waals surface area contributed by atoms with E-state index in [2.05, 4.69) is 0 Å². The molecule has 0 aromatic heterocycles. The van der Waals surface area contributed by atoms with Gasteiger partial charge in [-0.05, 0) is 5.56 Å². The Morgan fingerprint density at radius 2 is 1.82 bits per heavy atom. The molecular formula is C14H16N2O6. The highest BCUT2D eigenvalue weighted by Crippen LogP contribution is 2.13. The van der Waals surface area contributed by atoms with Gasteiger partial charge in [0.15, 0.2) is 6.04 Å². The minimum atomic E-state index is -1.26. The van der Waals surface area contributed by atoms with Gasteiger partial charge in [0.1, 0.15) is 6.61 Å². The van der Waals surface area contributed by atoms with Gasteiger partial charge in [-0.3, -0.25) is 4.90 Å². The molecule has 2 rings (SSSR count). The Kier molecular flexibility index (Phi) is 4.82. The molecule has 1 aromatic rings. The zero-order chi connectivity index (χ0) is 16.1. The lowest BCUT2D eigenvalue weighted by molar-refractivity contribution is -0.144. The van der Waals surface area contributed by atoms with Gasteiger partial charge < -0.3 is 19.8 Å². The highest BCUT2D eigenvalue weighted by atomic mass is 16.6. The van der Waals surface area contributed by atoms with Crippen LogP contribution in [0.5, 0.6) is 0 Å². The molecule has 0 spiro atoms. The number of carbonyl (C=O) groups is 3. The Bertz CT molecular complexity index is 562. The summed E-state index contributed by atoms with van der Waals surface area (Å²) in [7, 11) is 0. The number of carbonyl (C=O) groups excluding carboxylic acids is 1. The van der Waals surface area contributed by atoms with Gasteiger partial charge in [0.25, 0.3) is 0 Å². The molecule has 118 valence electrons. The van der Waals surface area contributed by atoms with Gasteiger partial charge in [0.05, 0.1) is 6.54 Å². The Morgan fingerprint density at radius 1 is 1.14 bits per heavy atom. The molecule has 2 N–H and O–H groups in total. The Labute approximate surface area is 126 Å². The lowest BCUT2D eigenvalue weighted by Crippen LogP contribution is -2.59. The first-order valence-electron chi connectivity index (χ1n) is 6.67. The quantitative estimate of drug-likeness (QED) is 0.865. The van der Waals surface area contributed by atoms with Crippen molar-refractivity contribution in [2.75, 3.05) is 19.6 Å². The van der Waals surface area contributed by atoms with E-state index in [9.17, 15) is 19.5 Å². The summed E-state index contributed by atoms with van der Waals surface area (Å²) < 4.78 is 5.10. The standard InChI is InChI=1S/C14H16N2O6/c17-12(18)11-8-15(13(19)20)6-7-16(11)14(21)22-9-10-4-2-1-3-5-10/h1-5,11H,6-9H2,(H,17,18)(H,19,20)/t11-/m0/s1. The lowest BCUT2D eigenvalue weighted by atomic mass is 10.2. The molecule has 1 aliphatic heterocycles. The summed E-state index contributed by atoms with van der Waals surface area (Å²) in [5.41, 5.74) is 0.784. The van der Waals surface area contributed by atoms with E-state index >= 15 is 0 Å². The Balaban J connectivity index is 1.98. The normalized spacial score (nSPS) is 17.9. The summed E-state index contributed by atoms with van der Waals surface area (Å²) in [5, 5.41) is 18.1. The van der Waals surface area contributed by atoms with Crippen LogP contribution in [0.4, 0.5) is 9.59 Å². The molecular weight excluding hydrogens is 292 g/mol. The molecule has 0 aliphatic carbocycles. The summed E-state index contributed by atoms with van der Waals surface area (Å²) in [5.74, 6) is -1.26. The summed E-state index contributed by atoms with van der Waals surface area (Å²) in [6.07, 6.45) is -1.97. The van der Waals surface area contributed by atoms with E-state index in [1.54, 1.807) is 24.3 Å². The van der Waals surface area contributed by atoms with Gasteiger partial charge >= 0.3 is 18.2 Å². The number of amides is 2. The van der Waals surface area contributed by atoms with E-state index in [0.29, 0.717) is 0 Å². The number of hydrogen-bond donors (Lipinski definition) is 2. The summed E-state index contributed by atoms with van der Waals surface area (Å²) in [6, 6.07) is 7.75. The molecule has 1 saturated heterocycles. The summed E-state index contributed by atoms with van der Waals surface area (Å²) in [6.45, 7) is -0.202. The molecule has 1 fully saturated rings. The van der Waals surface area contributed by atoms with E-state index in [1.165, 1.54) is 0 Å². The van der Waals surface area contributed by atoms with Crippen LogP contribution < -0.4 is 0 Å². The van der Waals surface area contributed by atoms with Crippen molar-refractivity contribution in [3.8, 4) is 0 Å². The second kappa shape index (κ2) is 6.79. The number of piperazine rings is 1. The number of nitrogens with zero attached hydrogens (tertiary/aromatic N) is 2. The number of aliphatic carboxylic acids is 1. The van der Waals surface area contributed by atoms with Crippen molar-refractivity contribution in [1.82, 2.24) is 9.80 Å². The average Bonchev–Trinajstić information content (AvgIpc) is 2.52. The Morgan fingerprint density at radius 3 is 2.41 bits per heavy atom. The van der Waals surface area contributed by atoms with Crippen LogP contribution >= 0.6 is 0 Å². The SMILES string of the molecule is O=C(O)[C@@H]1CN(C(=O)O)CCN1C(=O)OCc1ccccc1. The fraction of sp³-hybridized carbons (Fsp3) is 0.357. The van der Waals surface area contributed by atoms with Crippen LogP contribution in [0.1, 0.15) is 5.56 Å². The number of ether oxygens (including phenoxy) is 1. The summed E-state index contributed by atoms with van der Waals surface area (Å²) >= 11 is 0. The largest absolute Gasteiger partial charge is 0.480 e. The van der Waals surface area contributed by atoms with Crippen molar-refractivity contribution < 1.29 is 29.3 Å². The van der Waals surface area contributed by atoms with Crippen molar-refractivity contribution >= 4 is 18.2 Å². The third kappa shape index (κ3) is 3.66. The van der Waals surface area contributed by atoms with Crippen molar-refractivity contribution in [2.45, 2.75) is 12.6 Å². The van der Waals surface area contributed by atoms with Crippen LogP contribution in [0.25, 0.3) is 0 Å². The maximum absolute atomic E-state index is 12.0. The first kappa shape index (κ1) is 15.6. The smallest absolute Gasteiger partial charge is 0.410 e. The minimum Gasteiger partial charge on any atom is -0.480 e. The van der Waals surface area contributed by atoms with Crippen LogP contribution in [0.15, 0.2) is 30.3 Å². The van der Waals surface area contributed by atoms with Crippen LogP contribution in [-0.2, 0) is 16.1 Å². The molecule has 1 aromatic carbocycles. The number of rotatable bonds is 3. The third-order valence-corrected chi connectivity index (χ3v) is 3.38. The van der Waals surface area contributed by atoms with E-state index in [0.717, 1.165) is 15.4 Å². The zero-order valence-electron chi connectivity index (χ0n) is 11.7. The first-order chi connectivity index (χ1) is 10.5. The lowest BCUT2D eigenvalue weighted by Gasteiger charge is -2.37. The molecule has 8 nitrogen and oxygen atoms in total. The van der Waals surface area contributed by atoms with E-state index in [-0.39, 0.29) is 26.2 Å². The molecule has 1 aliphatic rings. The number of hydrogen-bond acceptors (Lipinski definition) is 4. The monoisotopic (exact) mass is 308 g/mol. The van der Waals surface area contributed by atoms with E-state index in [1.807, 2.05) is 6.07 Å². The highest BCUT2D eigenvalue weighted by molar-refractivity contribution is 5.81. The van der Waals surface area contributed by atoms with Crippen LogP contribution in [-0.4, -0.2) is 63.8 Å². The third-order valence-electron chi connectivity index (χ3n) is 3.38. The first-order valence-corrected chi connectivity index (χ1v) is 6.67. The molecule has 0 unspecified atom stereocenters.